The van der Waals surface area contributed by atoms with Crippen LogP contribution in [0.4, 0.5) is 5.69 Å². The van der Waals surface area contributed by atoms with E-state index in [1.54, 1.807) is 26.4 Å². The van der Waals surface area contributed by atoms with E-state index in [1.807, 2.05) is 26.8 Å². The van der Waals surface area contributed by atoms with Crippen molar-refractivity contribution in [3.05, 3.63) is 45.8 Å². The highest BCUT2D eigenvalue weighted by Crippen LogP contribution is 2.37. The standard InChI is InChI=1S/C23H30BrN5O5S/c1-12(2)13-10-16(34-11-13)19(23(3,4)5)26-21-20(27-35(32,33)28-21)25-15-9-8-14(24)17(18(15)30)22(31)29(6)7/h8-12,19,30H,1-7H3,(H,25,27)(H,26,28)/t19-/m0/s1. The molecule has 1 aromatic carbocycles. The number of carbonyl (C=O) groups is 1. The zero-order chi connectivity index (χ0) is 26.3. The van der Waals surface area contributed by atoms with Crippen LogP contribution >= 0.6 is 15.9 Å². The maximum absolute atomic E-state index is 12.5. The minimum Gasteiger partial charge on any atom is -0.505 e. The third kappa shape index (κ3) is 5.87. The summed E-state index contributed by atoms with van der Waals surface area (Å²) >= 11 is 3.28. The summed E-state index contributed by atoms with van der Waals surface area (Å²) in [7, 11) is -1.04. The third-order valence-corrected chi connectivity index (χ3v) is 6.86. The van der Waals surface area contributed by atoms with E-state index in [9.17, 15) is 18.3 Å². The van der Waals surface area contributed by atoms with Crippen molar-refractivity contribution in [1.29, 1.82) is 0 Å². The molecule has 3 rings (SSSR count). The molecule has 0 aliphatic carbocycles. The van der Waals surface area contributed by atoms with Crippen molar-refractivity contribution in [3.8, 4) is 5.75 Å². The fourth-order valence-electron chi connectivity index (χ4n) is 3.41. The smallest absolute Gasteiger partial charge is 0.367 e. The normalized spacial score (nSPS) is 16.0. The second kappa shape index (κ2) is 9.65. The lowest BCUT2D eigenvalue weighted by atomic mass is 9.84. The molecule has 0 saturated heterocycles. The van der Waals surface area contributed by atoms with Crippen LogP contribution < -0.4 is 10.6 Å². The van der Waals surface area contributed by atoms with Crippen LogP contribution in [0.25, 0.3) is 0 Å². The second-order valence-electron chi connectivity index (χ2n) is 9.85. The Labute approximate surface area is 213 Å². The Morgan fingerprint density at radius 2 is 1.80 bits per heavy atom. The highest BCUT2D eigenvalue weighted by atomic mass is 79.9. The summed E-state index contributed by atoms with van der Waals surface area (Å²) in [4.78, 5) is 13.9. The number of hydrogen-bond acceptors (Lipinski definition) is 7. The van der Waals surface area contributed by atoms with E-state index in [4.69, 9.17) is 4.42 Å². The number of nitrogens with one attached hydrogen (secondary N) is 2. The Morgan fingerprint density at radius 3 is 2.34 bits per heavy atom. The molecule has 2 aromatic rings. The van der Waals surface area contributed by atoms with Crippen LogP contribution in [0.3, 0.4) is 0 Å². The zero-order valence-electron chi connectivity index (χ0n) is 20.7. The quantitative estimate of drug-likeness (QED) is 0.455. The Hall–Kier alpha value is -2.86. The van der Waals surface area contributed by atoms with Crippen LogP contribution in [0.1, 0.15) is 68.3 Å². The number of rotatable bonds is 5. The summed E-state index contributed by atoms with van der Waals surface area (Å²) in [5.41, 5.74) is 0.743. The third-order valence-electron chi connectivity index (χ3n) is 5.38. The van der Waals surface area contributed by atoms with E-state index in [0.29, 0.717) is 10.2 Å². The number of phenolic OH excluding ortho intramolecular Hbond substituents is 1. The number of furan rings is 1. The van der Waals surface area contributed by atoms with Gasteiger partial charge < -0.3 is 25.1 Å². The number of benzene rings is 1. The Bertz CT molecular complexity index is 1310. The monoisotopic (exact) mass is 567 g/mol. The summed E-state index contributed by atoms with van der Waals surface area (Å²) in [5.74, 6) is -0.0542. The van der Waals surface area contributed by atoms with Crippen molar-refractivity contribution >= 4 is 49.4 Å². The summed E-state index contributed by atoms with van der Waals surface area (Å²) in [6.07, 6.45) is 1.68. The van der Waals surface area contributed by atoms with Crippen molar-refractivity contribution in [2.24, 2.45) is 14.2 Å². The molecule has 0 radical (unpaired) electrons. The molecule has 0 fully saturated rings. The Morgan fingerprint density at radius 1 is 1.17 bits per heavy atom. The predicted octanol–water partition coefficient (Wildman–Crippen LogP) is 4.42. The first kappa shape index (κ1) is 26.7. The predicted molar refractivity (Wildman–Crippen MR) is 139 cm³/mol. The molecule has 0 saturated carbocycles. The molecule has 2 heterocycles. The molecule has 10 nitrogen and oxygen atoms in total. The van der Waals surface area contributed by atoms with Gasteiger partial charge in [-0.3, -0.25) is 4.79 Å². The van der Waals surface area contributed by atoms with Crippen molar-refractivity contribution < 1.29 is 22.7 Å². The van der Waals surface area contributed by atoms with Crippen LogP contribution in [-0.4, -0.2) is 50.1 Å². The van der Waals surface area contributed by atoms with E-state index in [-0.39, 0.29) is 34.6 Å². The average Bonchev–Trinajstić information content (AvgIpc) is 3.31. The molecule has 1 aliphatic heterocycles. The molecule has 0 spiro atoms. The van der Waals surface area contributed by atoms with Gasteiger partial charge >= 0.3 is 10.2 Å². The highest BCUT2D eigenvalue weighted by molar-refractivity contribution is 9.10. The highest BCUT2D eigenvalue weighted by Gasteiger charge is 2.35. The number of phenols is 1. The average molecular weight is 568 g/mol. The number of hydrogen-bond donors (Lipinski definition) is 3. The minimum absolute atomic E-state index is 0.0253. The van der Waals surface area contributed by atoms with E-state index < -0.39 is 27.6 Å². The van der Waals surface area contributed by atoms with Crippen molar-refractivity contribution in [3.63, 3.8) is 0 Å². The summed E-state index contributed by atoms with van der Waals surface area (Å²) in [6, 6.07) is 4.56. The van der Waals surface area contributed by atoms with E-state index in [1.165, 1.54) is 11.0 Å². The topological polar surface area (TPSA) is 137 Å². The van der Waals surface area contributed by atoms with Gasteiger partial charge in [-0.25, -0.2) is 0 Å². The Balaban J connectivity index is 1.98. The number of halogens is 1. The van der Waals surface area contributed by atoms with E-state index >= 15 is 0 Å². The number of carbonyl (C=O) groups excluding carboxylic acids is 1. The van der Waals surface area contributed by atoms with Gasteiger partial charge in [0.2, 0.25) is 0 Å². The molecule has 1 aromatic heterocycles. The molecular formula is C23H30BrN5O5S. The molecule has 1 atom stereocenters. The molecule has 1 aliphatic rings. The summed E-state index contributed by atoms with van der Waals surface area (Å²) < 4.78 is 38.2. The Kier molecular flexibility index (Phi) is 7.37. The maximum Gasteiger partial charge on any atom is 0.367 e. The molecule has 190 valence electrons. The summed E-state index contributed by atoms with van der Waals surface area (Å²) in [6.45, 7) is 10.1. The number of amidine groups is 2. The lowest BCUT2D eigenvalue weighted by Gasteiger charge is -2.30. The van der Waals surface area contributed by atoms with Crippen LogP contribution in [0, 0.1) is 5.41 Å². The van der Waals surface area contributed by atoms with Gasteiger partial charge in [0.1, 0.15) is 5.76 Å². The lowest BCUT2D eigenvalue weighted by molar-refractivity contribution is 0.0824. The van der Waals surface area contributed by atoms with Gasteiger partial charge in [0.15, 0.2) is 17.4 Å². The largest absolute Gasteiger partial charge is 0.505 e. The van der Waals surface area contributed by atoms with E-state index in [0.717, 1.165) is 5.56 Å². The number of amides is 1. The maximum atomic E-state index is 12.5. The van der Waals surface area contributed by atoms with Crippen LogP contribution in [-0.2, 0) is 10.2 Å². The first-order chi connectivity index (χ1) is 16.1. The van der Waals surface area contributed by atoms with Gasteiger partial charge in [-0.15, -0.1) is 8.80 Å². The van der Waals surface area contributed by atoms with Gasteiger partial charge in [0, 0.05) is 18.6 Å². The van der Waals surface area contributed by atoms with E-state index in [2.05, 4.69) is 49.2 Å². The van der Waals surface area contributed by atoms with Crippen LogP contribution in [0.15, 0.2) is 42.1 Å². The van der Waals surface area contributed by atoms with Gasteiger partial charge in [-0.05, 0) is 51.0 Å². The van der Waals surface area contributed by atoms with Gasteiger partial charge in [-0.2, -0.15) is 8.42 Å². The molecular weight excluding hydrogens is 538 g/mol. The molecule has 0 unspecified atom stereocenters. The molecule has 35 heavy (non-hydrogen) atoms. The fourth-order valence-corrected chi connectivity index (χ4v) is 4.67. The number of anilines is 1. The number of nitrogens with zero attached hydrogens (tertiary/aromatic N) is 3. The molecule has 12 heteroatoms. The first-order valence-electron chi connectivity index (χ1n) is 10.9. The first-order valence-corrected chi connectivity index (χ1v) is 13.1. The fraction of sp³-hybridized carbons (Fsp3) is 0.435. The van der Waals surface area contributed by atoms with Crippen molar-refractivity contribution in [1.82, 2.24) is 10.2 Å². The zero-order valence-corrected chi connectivity index (χ0v) is 23.1. The van der Waals surface area contributed by atoms with Crippen LogP contribution in [0.5, 0.6) is 5.75 Å². The molecule has 0 bridgehead atoms. The molecule has 3 N–H and O–H groups in total. The minimum atomic E-state index is -4.15. The molecule has 1 amide bonds. The van der Waals surface area contributed by atoms with Crippen molar-refractivity contribution in [2.45, 2.75) is 46.6 Å². The SMILES string of the molecule is CC(C)c1coc([C@H](NC2=NS(=O)(=O)N=C2Nc2ccc(Br)c(C(=O)N(C)C)c2O)C(C)(C)C)c1. The number of aromatic hydroxyl groups is 1. The summed E-state index contributed by atoms with van der Waals surface area (Å²) in [5, 5.41) is 16.8. The van der Waals surface area contributed by atoms with Crippen molar-refractivity contribution in [2.75, 3.05) is 19.4 Å². The van der Waals surface area contributed by atoms with Gasteiger partial charge in [0.25, 0.3) is 5.91 Å². The van der Waals surface area contributed by atoms with Gasteiger partial charge in [0.05, 0.1) is 23.6 Å². The van der Waals surface area contributed by atoms with Gasteiger partial charge in [-0.1, -0.05) is 34.6 Å². The lowest BCUT2D eigenvalue weighted by Crippen LogP contribution is -2.41. The second-order valence-corrected chi connectivity index (χ2v) is 12.0. The van der Waals surface area contributed by atoms with Crippen LogP contribution in [0.2, 0.25) is 0 Å².